The number of nitrogens with zero attached hydrogens (tertiary/aromatic N) is 3. The third kappa shape index (κ3) is 3.63. The molecule has 0 saturated carbocycles. The highest BCUT2D eigenvalue weighted by atomic mass is 15.5. The van der Waals surface area contributed by atoms with E-state index in [2.05, 4.69) is 46.8 Å². The minimum atomic E-state index is 0.485. The normalized spacial score (nSPS) is 12.0. The van der Waals surface area contributed by atoms with Crippen molar-refractivity contribution in [2.75, 3.05) is 0 Å². The molecule has 3 nitrogen and oxygen atoms in total. The van der Waals surface area contributed by atoms with E-state index in [1.807, 2.05) is 4.80 Å². The SMILES string of the molecule is CCCCCCn1nc2c(C(C)C)ccc(C(C)C)c2n1. The lowest BCUT2D eigenvalue weighted by atomic mass is 9.95. The molecule has 0 aliphatic heterocycles. The molecule has 0 amide bonds. The molecule has 0 saturated heterocycles. The Kier molecular flexibility index (Phi) is 5.38. The maximum absolute atomic E-state index is 4.78. The van der Waals surface area contributed by atoms with Gasteiger partial charge in [0, 0.05) is 0 Å². The molecule has 2 aromatic rings. The Morgan fingerprint density at radius 3 is 1.81 bits per heavy atom. The second-order valence-corrected chi connectivity index (χ2v) is 6.61. The minimum absolute atomic E-state index is 0.485. The van der Waals surface area contributed by atoms with Crippen molar-refractivity contribution >= 4 is 11.0 Å². The zero-order chi connectivity index (χ0) is 15.4. The molecule has 0 aliphatic carbocycles. The van der Waals surface area contributed by atoms with E-state index in [4.69, 9.17) is 10.2 Å². The molecule has 1 aromatic heterocycles. The predicted octanol–water partition coefficient (Wildman–Crippen LogP) is 5.26. The summed E-state index contributed by atoms with van der Waals surface area (Å²) in [4.78, 5) is 1.91. The number of unbranched alkanes of at least 4 members (excludes halogenated alkanes) is 3. The van der Waals surface area contributed by atoms with E-state index in [1.165, 1.54) is 36.8 Å². The quantitative estimate of drug-likeness (QED) is 0.650. The van der Waals surface area contributed by atoms with Crippen LogP contribution in [0.3, 0.4) is 0 Å². The van der Waals surface area contributed by atoms with Crippen LogP contribution in [0, 0.1) is 0 Å². The molecule has 21 heavy (non-hydrogen) atoms. The molecule has 0 spiro atoms. The summed E-state index contributed by atoms with van der Waals surface area (Å²) < 4.78 is 0. The smallest absolute Gasteiger partial charge is 0.116 e. The van der Waals surface area contributed by atoms with Gasteiger partial charge in [-0.1, -0.05) is 66.0 Å². The molecular weight excluding hydrogens is 258 g/mol. The van der Waals surface area contributed by atoms with Crippen molar-refractivity contribution in [3.63, 3.8) is 0 Å². The van der Waals surface area contributed by atoms with E-state index in [0.29, 0.717) is 11.8 Å². The first-order valence-corrected chi connectivity index (χ1v) is 8.42. The number of aryl methyl sites for hydroxylation is 1. The summed E-state index contributed by atoms with van der Waals surface area (Å²) in [6.45, 7) is 12.1. The maximum Gasteiger partial charge on any atom is 0.116 e. The van der Waals surface area contributed by atoms with E-state index >= 15 is 0 Å². The molecule has 0 atom stereocenters. The van der Waals surface area contributed by atoms with Crippen LogP contribution in [0.25, 0.3) is 11.0 Å². The summed E-state index contributed by atoms with van der Waals surface area (Å²) in [7, 11) is 0. The van der Waals surface area contributed by atoms with Crippen LogP contribution in [0.1, 0.15) is 83.3 Å². The van der Waals surface area contributed by atoms with Crippen LogP contribution in [-0.2, 0) is 6.54 Å². The number of benzene rings is 1. The van der Waals surface area contributed by atoms with Gasteiger partial charge in [-0.15, -0.1) is 0 Å². The highest BCUT2D eigenvalue weighted by Crippen LogP contribution is 2.29. The van der Waals surface area contributed by atoms with E-state index < -0.39 is 0 Å². The maximum atomic E-state index is 4.78. The van der Waals surface area contributed by atoms with Gasteiger partial charge in [0.25, 0.3) is 0 Å². The lowest BCUT2D eigenvalue weighted by Gasteiger charge is -2.10. The minimum Gasteiger partial charge on any atom is -0.184 e. The van der Waals surface area contributed by atoms with Gasteiger partial charge in [0.1, 0.15) is 11.0 Å². The Labute approximate surface area is 128 Å². The van der Waals surface area contributed by atoms with Crippen LogP contribution in [0.4, 0.5) is 0 Å². The molecule has 0 N–H and O–H groups in total. The summed E-state index contributed by atoms with van der Waals surface area (Å²) in [6, 6.07) is 4.47. The van der Waals surface area contributed by atoms with Gasteiger partial charge in [-0.3, -0.25) is 0 Å². The average Bonchev–Trinajstić information content (AvgIpc) is 2.85. The Morgan fingerprint density at radius 2 is 1.38 bits per heavy atom. The van der Waals surface area contributed by atoms with Crippen molar-refractivity contribution in [2.24, 2.45) is 0 Å². The fraction of sp³-hybridized carbons (Fsp3) is 0.667. The van der Waals surface area contributed by atoms with E-state index in [9.17, 15) is 0 Å². The first-order chi connectivity index (χ1) is 10.0. The monoisotopic (exact) mass is 287 g/mol. The summed E-state index contributed by atoms with van der Waals surface area (Å²) in [6.07, 6.45) is 5.00. The molecule has 1 aromatic carbocycles. The largest absolute Gasteiger partial charge is 0.184 e. The van der Waals surface area contributed by atoms with Crippen LogP contribution in [0.5, 0.6) is 0 Å². The van der Waals surface area contributed by atoms with Crippen molar-refractivity contribution in [3.8, 4) is 0 Å². The lowest BCUT2D eigenvalue weighted by molar-refractivity contribution is 0.494. The van der Waals surface area contributed by atoms with Gasteiger partial charge in [0.2, 0.25) is 0 Å². The molecule has 2 rings (SSSR count). The van der Waals surface area contributed by atoms with E-state index in [-0.39, 0.29) is 0 Å². The van der Waals surface area contributed by atoms with Gasteiger partial charge in [-0.2, -0.15) is 15.0 Å². The van der Waals surface area contributed by atoms with Crippen LogP contribution in [0.15, 0.2) is 12.1 Å². The summed E-state index contributed by atoms with van der Waals surface area (Å²) in [5.41, 5.74) is 4.83. The van der Waals surface area contributed by atoms with Crippen molar-refractivity contribution in [3.05, 3.63) is 23.3 Å². The van der Waals surface area contributed by atoms with Crippen LogP contribution >= 0.6 is 0 Å². The molecule has 0 bridgehead atoms. The molecule has 0 unspecified atom stereocenters. The third-order valence-corrected chi connectivity index (χ3v) is 4.10. The summed E-state index contributed by atoms with van der Waals surface area (Å²) in [5.74, 6) is 0.970. The zero-order valence-corrected chi connectivity index (χ0v) is 14.2. The van der Waals surface area contributed by atoms with Gasteiger partial charge in [-0.25, -0.2) is 0 Å². The van der Waals surface area contributed by atoms with Crippen LogP contribution in [0.2, 0.25) is 0 Å². The van der Waals surface area contributed by atoms with Gasteiger partial charge in [-0.05, 0) is 29.4 Å². The lowest BCUT2D eigenvalue weighted by Crippen LogP contribution is -2.02. The van der Waals surface area contributed by atoms with Crippen LogP contribution in [-0.4, -0.2) is 15.0 Å². The Bertz CT molecular complexity index is 536. The highest BCUT2D eigenvalue weighted by molar-refractivity contribution is 5.82. The first kappa shape index (κ1) is 16.0. The van der Waals surface area contributed by atoms with Crippen molar-refractivity contribution < 1.29 is 0 Å². The van der Waals surface area contributed by atoms with Crippen LogP contribution < -0.4 is 0 Å². The Hall–Kier alpha value is -1.38. The highest BCUT2D eigenvalue weighted by Gasteiger charge is 2.16. The first-order valence-electron chi connectivity index (χ1n) is 8.42. The fourth-order valence-corrected chi connectivity index (χ4v) is 2.79. The fourth-order valence-electron chi connectivity index (χ4n) is 2.79. The van der Waals surface area contributed by atoms with Crippen molar-refractivity contribution in [1.29, 1.82) is 0 Å². The zero-order valence-electron chi connectivity index (χ0n) is 14.2. The molecule has 0 aliphatic rings. The van der Waals surface area contributed by atoms with Crippen molar-refractivity contribution in [1.82, 2.24) is 15.0 Å². The van der Waals surface area contributed by atoms with E-state index in [0.717, 1.165) is 17.6 Å². The molecule has 3 heteroatoms. The van der Waals surface area contributed by atoms with Crippen molar-refractivity contribution in [2.45, 2.75) is 78.7 Å². The van der Waals surface area contributed by atoms with Gasteiger partial charge < -0.3 is 0 Å². The molecule has 116 valence electrons. The predicted molar refractivity (Wildman–Crippen MR) is 89.8 cm³/mol. The topological polar surface area (TPSA) is 30.7 Å². The van der Waals surface area contributed by atoms with Gasteiger partial charge >= 0.3 is 0 Å². The van der Waals surface area contributed by atoms with Gasteiger partial charge in [0.05, 0.1) is 6.54 Å². The number of rotatable bonds is 7. The standard InChI is InChI=1S/C18H29N3/c1-6-7-8-9-12-21-19-17-15(13(2)3)10-11-16(14(4)5)18(17)20-21/h10-11,13-14H,6-9,12H2,1-5H3. The Morgan fingerprint density at radius 1 is 0.857 bits per heavy atom. The van der Waals surface area contributed by atoms with E-state index in [1.54, 1.807) is 0 Å². The molecular formula is C18H29N3. The average molecular weight is 287 g/mol. The second-order valence-electron chi connectivity index (χ2n) is 6.61. The number of fused-ring (bicyclic) bond motifs is 1. The number of aromatic nitrogens is 3. The summed E-state index contributed by atoms with van der Waals surface area (Å²) in [5, 5.41) is 9.56. The molecule has 0 fully saturated rings. The Balaban J connectivity index is 2.33. The number of hydrogen-bond donors (Lipinski definition) is 0. The summed E-state index contributed by atoms with van der Waals surface area (Å²) >= 11 is 0. The van der Waals surface area contributed by atoms with Gasteiger partial charge in [0.15, 0.2) is 0 Å². The molecule has 1 heterocycles. The molecule has 0 radical (unpaired) electrons. The third-order valence-electron chi connectivity index (χ3n) is 4.10. The second kappa shape index (κ2) is 7.06. The number of hydrogen-bond acceptors (Lipinski definition) is 2.